The van der Waals surface area contributed by atoms with Gasteiger partial charge in [0, 0.05) is 13.7 Å². The zero-order valence-corrected chi connectivity index (χ0v) is 16.3. The van der Waals surface area contributed by atoms with E-state index in [-0.39, 0.29) is 18.2 Å². The zero-order chi connectivity index (χ0) is 19.6. The average molecular weight is 383 g/mol. The fourth-order valence-electron chi connectivity index (χ4n) is 3.33. The molecule has 0 unspecified atom stereocenters. The fourth-order valence-corrected chi connectivity index (χ4v) is 3.33. The van der Waals surface area contributed by atoms with E-state index in [9.17, 15) is 0 Å². The van der Waals surface area contributed by atoms with Crippen LogP contribution in [0, 0.1) is 0 Å². The van der Waals surface area contributed by atoms with Crippen LogP contribution >= 0.6 is 0 Å². The first-order valence-corrected chi connectivity index (χ1v) is 9.61. The van der Waals surface area contributed by atoms with Crippen LogP contribution in [-0.4, -0.2) is 44.8 Å². The van der Waals surface area contributed by atoms with E-state index in [0.29, 0.717) is 26.4 Å². The van der Waals surface area contributed by atoms with Crippen molar-refractivity contribution in [2.45, 2.75) is 37.8 Å². The summed E-state index contributed by atoms with van der Waals surface area (Å²) in [5.74, 6) is 0. The van der Waals surface area contributed by atoms with Gasteiger partial charge in [-0.3, -0.25) is 0 Å². The number of ether oxygens (including phenoxy) is 4. The summed E-state index contributed by atoms with van der Waals surface area (Å²) in [6.07, 6.45) is 1.01. The van der Waals surface area contributed by atoms with E-state index in [1.807, 2.05) is 54.6 Å². The van der Waals surface area contributed by atoms with Crippen molar-refractivity contribution < 1.29 is 18.9 Å². The van der Waals surface area contributed by atoms with E-state index < -0.39 is 6.29 Å². The third-order valence-electron chi connectivity index (χ3n) is 4.73. The largest absolute Gasteiger partial charge is 0.374 e. The molecule has 5 heteroatoms. The van der Waals surface area contributed by atoms with Gasteiger partial charge < -0.3 is 24.3 Å². The van der Waals surface area contributed by atoms with Crippen LogP contribution in [0.4, 0.5) is 0 Å². The van der Waals surface area contributed by atoms with Crippen LogP contribution in [0.5, 0.6) is 0 Å². The van der Waals surface area contributed by atoms with Gasteiger partial charge in [0.25, 0.3) is 0 Å². The minimum Gasteiger partial charge on any atom is -0.374 e. The van der Waals surface area contributed by atoms with Crippen LogP contribution in [0.25, 0.3) is 0 Å². The summed E-state index contributed by atoms with van der Waals surface area (Å²) in [7, 11) is 1.65. The van der Waals surface area contributed by atoms with Gasteiger partial charge >= 0.3 is 0 Å². The molecule has 1 heterocycles. The number of hydrogen-bond donors (Lipinski definition) is 1. The Morgan fingerprint density at radius 2 is 1.64 bits per heavy atom. The zero-order valence-electron chi connectivity index (χ0n) is 16.3. The van der Waals surface area contributed by atoms with E-state index >= 15 is 0 Å². The molecule has 28 heavy (non-hydrogen) atoms. The first-order valence-electron chi connectivity index (χ1n) is 9.61. The Kier molecular flexibility index (Phi) is 8.21. The van der Waals surface area contributed by atoms with Crippen molar-refractivity contribution in [1.29, 1.82) is 0 Å². The van der Waals surface area contributed by atoms with Crippen LogP contribution in [-0.2, 0) is 32.2 Å². The summed E-state index contributed by atoms with van der Waals surface area (Å²) in [4.78, 5) is 0. The average Bonchev–Trinajstić information content (AvgIpc) is 3.08. The molecule has 1 N–H and O–H groups in total. The summed E-state index contributed by atoms with van der Waals surface area (Å²) in [6.45, 7) is 5.91. The molecule has 0 radical (unpaired) electrons. The molecule has 5 nitrogen and oxygen atoms in total. The Morgan fingerprint density at radius 3 is 2.25 bits per heavy atom. The standard InChI is InChI=1S/C23H29NO4/c1-3-14-24-21-22(27-16-19-12-8-5-9-13-19)20(28-23(21)25-2)17-26-15-18-10-6-4-7-11-18/h3-13,20-24H,1,14-17H2,2H3/t20-,21-,22-,23-/m1/s1. The first kappa shape index (κ1) is 20.7. The number of hydrogen-bond acceptors (Lipinski definition) is 5. The molecule has 1 fully saturated rings. The molecule has 2 aromatic rings. The highest BCUT2D eigenvalue weighted by Gasteiger charge is 2.45. The lowest BCUT2D eigenvalue weighted by atomic mass is 10.1. The highest BCUT2D eigenvalue weighted by molar-refractivity contribution is 5.14. The van der Waals surface area contributed by atoms with E-state index in [4.69, 9.17) is 18.9 Å². The summed E-state index contributed by atoms with van der Waals surface area (Å²) in [5.41, 5.74) is 2.25. The van der Waals surface area contributed by atoms with Crippen molar-refractivity contribution in [3.63, 3.8) is 0 Å². The van der Waals surface area contributed by atoms with Gasteiger partial charge in [0.05, 0.1) is 25.9 Å². The number of nitrogens with one attached hydrogen (secondary N) is 1. The molecule has 0 bridgehead atoms. The molecule has 0 spiro atoms. The molecule has 0 saturated carbocycles. The summed E-state index contributed by atoms with van der Waals surface area (Å²) >= 11 is 0. The highest BCUT2D eigenvalue weighted by atomic mass is 16.7. The summed E-state index contributed by atoms with van der Waals surface area (Å²) in [5, 5.41) is 3.41. The van der Waals surface area contributed by atoms with E-state index in [1.54, 1.807) is 7.11 Å². The monoisotopic (exact) mass is 383 g/mol. The second-order valence-electron chi connectivity index (χ2n) is 6.76. The van der Waals surface area contributed by atoms with Gasteiger partial charge in [-0.1, -0.05) is 66.7 Å². The maximum Gasteiger partial charge on any atom is 0.175 e. The highest BCUT2D eigenvalue weighted by Crippen LogP contribution is 2.26. The molecule has 4 atom stereocenters. The van der Waals surface area contributed by atoms with E-state index in [2.05, 4.69) is 24.0 Å². The molecule has 2 aromatic carbocycles. The predicted molar refractivity (Wildman–Crippen MR) is 109 cm³/mol. The van der Waals surface area contributed by atoms with Gasteiger partial charge in [0.15, 0.2) is 6.29 Å². The molecule has 0 aliphatic carbocycles. The van der Waals surface area contributed by atoms with Crippen LogP contribution in [0.2, 0.25) is 0 Å². The third kappa shape index (κ3) is 5.74. The quantitative estimate of drug-likeness (QED) is 0.604. The van der Waals surface area contributed by atoms with Crippen molar-refractivity contribution in [2.24, 2.45) is 0 Å². The summed E-state index contributed by atoms with van der Waals surface area (Å²) < 4.78 is 23.8. The van der Waals surface area contributed by atoms with Crippen LogP contribution in [0.3, 0.4) is 0 Å². The van der Waals surface area contributed by atoms with Gasteiger partial charge in [-0.15, -0.1) is 6.58 Å². The Labute approximate surface area is 167 Å². The second-order valence-corrected chi connectivity index (χ2v) is 6.76. The van der Waals surface area contributed by atoms with E-state index in [0.717, 1.165) is 11.1 Å². The van der Waals surface area contributed by atoms with Gasteiger partial charge in [-0.2, -0.15) is 0 Å². The van der Waals surface area contributed by atoms with Crippen molar-refractivity contribution in [2.75, 3.05) is 20.3 Å². The van der Waals surface area contributed by atoms with Gasteiger partial charge in [-0.05, 0) is 11.1 Å². The van der Waals surface area contributed by atoms with Crippen LogP contribution < -0.4 is 5.32 Å². The predicted octanol–water partition coefficient (Wildman–Crippen LogP) is 3.30. The second kappa shape index (κ2) is 11.1. The topological polar surface area (TPSA) is 49.0 Å². The first-order chi connectivity index (χ1) is 13.8. The Bertz CT molecular complexity index is 694. The van der Waals surface area contributed by atoms with Crippen LogP contribution in [0.1, 0.15) is 11.1 Å². The number of benzene rings is 2. The normalized spacial score (nSPS) is 24.3. The number of rotatable bonds is 11. The molecule has 0 aromatic heterocycles. The van der Waals surface area contributed by atoms with E-state index in [1.165, 1.54) is 0 Å². The minimum absolute atomic E-state index is 0.1000. The maximum absolute atomic E-state index is 6.26. The van der Waals surface area contributed by atoms with Gasteiger partial charge in [0.2, 0.25) is 0 Å². The Balaban J connectivity index is 1.63. The molecule has 3 rings (SSSR count). The van der Waals surface area contributed by atoms with Crippen molar-refractivity contribution in [3.8, 4) is 0 Å². The lowest BCUT2D eigenvalue weighted by Crippen LogP contribution is -2.47. The Morgan fingerprint density at radius 1 is 1.00 bits per heavy atom. The summed E-state index contributed by atoms with van der Waals surface area (Å²) in [6, 6.07) is 20.1. The molecule has 150 valence electrons. The molecular weight excluding hydrogens is 354 g/mol. The van der Waals surface area contributed by atoms with Crippen molar-refractivity contribution in [1.82, 2.24) is 5.32 Å². The number of methoxy groups -OCH3 is 1. The van der Waals surface area contributed by atoms with Crippen molar-refractivity contribution >= 4 is 0 Å². The van der Waals surface area contributed by atoms with Gasteiger partial charge in [-0.25, -0.2) is 0 Å². The lowest BCUT2D eigenvalue weighted by molar-refractivity contribution is -0.141. The lowest BCUT2D eigenvalue weighted by Gasteiger charge is -2.24. The van der Waals surface area contributed by atoms with Crippen LogP contribution in [0.15, 0.2) is 73.3 Å². The molecule has 0 amide bonds. The molecular formula is C23H29NO4. The maximum atomic E-state index is 6.26. The minimum atomic E-state index is -0.397. The molecule has 1 aliphatic rings. The smallest absolute Gasteiger partial charge is 0.175 e. The molecule has 1 aliphatic heterocycles. The fraction of sp³-hybridized carbons (Fsp3) is 0.391. The SMILES string of the molecule is C=CCN[C@H]1[C@H](OC)O[C@H](COCc2ccccc2)[C@H]1OCc1ccccc1. The molecule has 1 saturated heterocycles. The van der Waals surface area contributed by atoms with Crippen molar-refractivity contribution in [3.05, 3.63) is 84.4 Å². The Hall–Kier alpha value is -2.02. The third-order valence-corrected chi connectivity index (χ3v) is 4.73. The van der Waals surface area contributed by atoms with Gasteiger partial charge in [0.1, 0.15) is 12.2 Å².